The van der Waals surface area contributed by atoms with Crippen molar-refractivity contribution in [3.8, 4) is 5.75 Å². The Morgan fingerprint density at radius 3 is 2.18 bits per heavy atom. The highest BCUT2D eigenvalue weighted by Gasteiger charge is 2.42. The number of esters is 2. The van der Waals surface area contributed by atoms with Crippen LogP contribution < -0.4 is 4.74 Å². The molecule has 0 atom stereocenters. The summed E-state index contributed by atoms with van der Waals surface area (Å²) in [5.74, 6) is 0.274. The summed E-state index contributed by atoms with van der Waals surface area (Å²) in [6, 6.07) is 16.2. The average Bonchev–Trinajstić information content (AvgIpc) is 2.73. The van der Waals surface area contributed by atoms with E-state index >= 15 is 0 Å². The van der Waals surface area contributed by atoms with Crippen LogP contribution in [0, 0.1) is 5.92 Å². The molecule has 1 aliphatic rings. The number of rotatable bonds is 6. The third kappa shape index (κ3) is 4.61. The molecule has 1 aliphatic carbocycles. The third-order valence-electron chi connectivity index (χ3n) is 5.27. The zero-order chi connectivity index (χ0) is 20.0. The van der Waals surface area contributed by atoms with E-state index in [9.17, 15) is 9.59 Å². The van der Waals surface area contributed by atoms with Gasteiger partial charge in [0, 0.05) is 0 Å². The first kappa shape index (κ1) is 20.1. The fraction of sp³-hybridized carbons (Fsp3) is 0.417. The molecular weight excluding hydrogens is 352 g/mol. The Kier molecular flexibility index (Phi) is 6.50. The summed E-state index contributed by atoms with van der Waals surface area (Å²) in [4.78, 5) is 25.4. The van der Waals surface area contributed by atoms with E-state index in [4.69, 9.17) is 9.47 Å². The molecule has 0 N–H and O–H groups in total. The predicted octanol–water partition coefficient (Wildman–Crippen LogP) is 5.31. The van der Waals surface area contributed by atoms with Gasteiger partial charge in [0.25, 0.3) is 0 Å². The summed E-state index contributed by atoms with van der Waals surface area (Å²) >= 11 is 0. The van der Waals surface area contributed by atoms with E-state index in [1.807, 2.05) is 44.2 Å². The maximum Gasteiger partial charge on any atom is 0.343 e. The van der Waals surface area contributed by atoms with Gasteiger partial charge in [0.2, 0.25) is 0 Å². The first-order valence-electron chi connectivity index (χ1n) is 10.1. The Bertz CT molecular complexity index is 787. The quantitative estimate of drug-likeness (QED) is 0.504. The van der Waals surface area contributed by atoms with Crippen LogP contribution >= 0.6 is 0 Å². The van der Waals surface area contributed by atoms with Crippen LogP contribution in [0.1, 0.15) is 61.9 Å². The van der Waals surface area contributed by atoms with E-state index in [0.29, 0.717) is 23.8 Å². The minimum Gasteiger partial charge on any atom is -0.465 e. The van der Waals surface area contributed by atoms with E-state index in [1.54, 1.807) is 24.3 Å². The van der Waals surface area contributed by atoms with E-state index in [-0.39, 0.29) is 5.97 Å². The van der Waals surface area contributed by atoms with Gasteiger partial charge in [0.05, 0.1) is 17.6 Å². The number of carbonyl (C=O) groups excluding carboxylic acids is 2. The van der Waals surface area contributed by atoms with E-state index in [2.05, 4.69) is 0 Å². The number of para-hydroxylation sites is 1. The Hall–Kier alpha value is -2.62. The molecule has 0 spiro atoms. The molecule has 28 heavy (non-hydrogen) atoms. The molecule has 4 nitrogen and oxygen atoms in total. The molecular formula is C24H28O4. The predicted molar refractivity (Wildman–Crippen MR) is 108 cm³/mol. The van der Waals surface area contributed by atoms with Crippen molar-refractivity contribution in [2.75, 3.05) is 6.61 Å². The molecule has 0 amide bonds. The molecule has 0 bridgehead atoms. The fourth-order valence-corrected chi connectivity index (χ4v) is 3.73. The summed E-state index contributed by atoms with van der Waals surface area (Å²) < 4.78 is 11.0. The van der Waals surface area contributed by atoms with Gasteiger partial charge in [-0.1, -0.05) is 63.4 Å². The molecule has 1 saturated carbocycles. The second-order valence-corrected chi connectivity index (χ2v) is 7.91. The smallest absolute Gasteiger partial charge is 0.343 e. The van der Waals surface area contributed by atoms with Crippen LogP contribution in [-0.2, 0) is 14.9 Å². The Balaban J connectivity index is 1.78. The summed E-state index contributed by atoms with van der Waals surface area (Å²) in [6.07, 6.45) is 4.74. The normalized spacial score (nSPS) is 15.8. The van der Waals surface area contributed by atoms with Crippen LogP contribution in [0.2, 0.25) is 0 Å². The molecule has 4 heteroatoms. The second kappa shape index (κ2) is 9.05. The van der Waals surface area contributed by atoms with Gasteiger partial charge < -0.3 is 9.47 Å². The molecule has 0 saturated heterocycles. The van der Waals surface area contributed by atoms with Gasteiger partial charge in [-0.25, -0.2) is 4.79 Å². The van der Waals surface area contributed by atoms with Gasteiger partial charge in [-0.05, 0) is 48.6 Å². The summed E-state index contributed by atoms with van der Waals surface area (Å²) in [5.41, 5.74) is 0.793. The van der Waals surface area contributed by atoms with Crippen molar-refractivity contribution in [3.63, 3.8) is 0 Å². The fourth-order valence-electron chi connectivity index (χ4n) is 3.73. The molecule has 0 heterocycles. The van der Waals surface area contributed by atoms with Crippen molar-refractivity contribution >= 4 is 11.9 Å². The summed E-state index contributed by atoms with van der Waals surface area (Å²) in [5, 5.41) is 0. The lowest BCUT2D eigenvalue weighted by Gasteiger charge is -2.35. The molecule has 0 unspecified atom stereocenters. The van der Waals surface area contributed by atoms with E-state index < -0.39 is 11.4 Å². The molecule has 0 aliphatic heterocycles. The maximum absolute atomic E-state index is 13.0. The highest BCUT2D eigenvalue weighted by molar-refractivity contribution is 5.91. The van der Waals surface area contributed by atoms with Crippen LogP contribution in [0.4, 0.5) is 0 Å². The third-order valence-corrected chi connectivity index (χ3v) is 5.27. The monoisotopic (exact) mass is 380 g/mol. The Morgan fingerprint density at radius 2 is 1.57 bits per heavy atom. The number of hydrogen-bond donors (Lipinski definition) is 0. The van der Waals surface area contributed by atoms with Crippen molar-refractivity contribution in [3.05, 3.63) is 65.7 Å². The van der Waals surface area contributed by atoms with Crippen molar-refractivity contribution in [2.24, 2.45) is 5.92 Å². The SMILES string of the molecule is CC(C)COC(=O)C1(c2ccc(C(=O)Oc3ccccc3)cc2)CCCCC1. The van der Waals surface area contributed by atoms with Gasteiger partial charge in [0.1, 0.15) is 5.75 Å². The van der Waals surface area contributed by atoms with E-state index in [1.165, 1.54) is 0 Å². The summed E-state index contributed by atoms with van der Waals surface area (Å²) in [7, 11) is 0. The zero-order valence-electron chi connectivity index (χ0n) is 16.6. The Morgan fingerprint density at radius 1 is 0.929 bits per heavy atom. The number of carbonyl (C=O) groups is 2. The average molecular weight is 380 g/mol. The minimum absolute atomic E-state index is 0.138. The van der Waals surface area contributed by atoms with Crippen molar-refractivity contribution < 1.29 is 19.1 Å². The second-order valence-electron chi connectivity index (χ2n) is 7.91. The van der Waals surface area contributed by atoms with Gasteiger partial charge in [-0.2, -0.15) is 0 Å². The molecule has 1 fully saturated rings. The van der Waals surface area contributed by atoms with Crippen molar-refractivity contribution in [1.82, 2.24) is 0 Å². The largest absolute Gasteiger partial charge is 0.465 e. The summed E-state index contributed by atoms with van der Waals surface area (Å²) in [6.45, 7) is 4.50. The van der Waals surface area contributed by atoms with Gasteiger partial charge in [-0.3, -0.25) is 4.79 Å². The van der Waals surface area contributed by atoms with Gasteiger partial charge >= 0.3 is 11.9 Å². The highest BCUT2D eigenvalue weighted by atomic mass is 16.5. The first-order chi connectivity index (χ1) is 13.5. The van der Waals surface area contributed by atoms with Crippen LogP contribution in [0.5, 0.6) is 5.75 Å². The molecule has 2 aromatic carbocycles. The molecule has 0 radical (unpaired) electrons. The lowest BCUT2D eigenvalue weighted by molar-refractivity contribution is -0.153. The zero-order valence-corrected chi connectivity index (χ0v) is 16.6. The van der Waals surface area contributed by atoms with Gasteiger partial charge in [-0.15, -0.1) is 0 Å². The molecule has 0 aromatic heterocycles. The van der Waals surface area contributed by atoms with Crippen LogP contribution in [-0.4, -0.2) is 18.5 Å². The Labute approximate surface area is 166 Å². The minimum atomic E-state index is -0.602. The highest BCUT2D eigenvalue weighted by Crippen LogP contribution is 2.40. The maximum atomic E-state index is 13.0. The molecule has 2 aromatic rings. The van der Waals surface area contributed by atoms with Crippen molar-refractivity contribution in [1.29, 1.82) is 0 Å². The molecule has 3 rings (SSSR count). The lowest BCUT2D eigenvalue weighted by atomic mass is 9.69. The van der Waals surface area contributed by atoms with Crippen LogP contribution in [0.3, 0.4) is 0 Å². The number of hydrogen-bond acceptors (Lipinski definition) is 4. The van der Waals surface area contributed by atoms with Gasteiger partial charge in [0.15, 0.2) is 0 Å². The van der Waals surface area contributed by atoms with Crippen molar-refractivity contribution in [2.45, 2.75) is 51.4 Å². The topological polar surface area (TPSA) is 52.6 Å². The number of benzene rings is 2. The van der Waals surface area contributed by atoms with Crippen LogP contribution in [0.25, 0.3) is 0 Å². The standard InChI is InChI=1S/C24H28O4/c1-18(2)17-27-23(26)24(15-7-4-8-16-24)20-13-11-19(12-14-20)22(25)28-21-9-5-3-6-10-21/h3,5-6,9-14,18H,4,7-8,15-17H2,1-2H3. The first-order valence-corrected chi connectivity index (χ1v) is 10.1. The van der Waals surface area contributed by atoms with E-state index in [0.717, 1.165) is 37.7 Å². The molecule has 148 valence electrons. The van der Waals surface area contributed by atoms with Crippen LogP contribution in [0.15, 0.2) is 54.6 Å². The lowest BCUT2D eigenvalue weighted by Crippen LogP contribution is -2.40. The number of ether oxygens (including phenoxy) is 2.